The molecule has 0 unspecified atom stereocenters. The van der Waals surface area contributed by atoms with Crippen molar-refractivity contribution in [2.45, 2.75) is 51.0 Å². The van der Waals surface area contributed by atoms with Gasteiger partial charge in [-0.3, -0.25) is 14.9 Å². The first-order chi connectivity index (χ1) is 11.6. The number of hydrogen-bond donors (Lipinski definition) is 1. The Kier molecular flexibility index (Phi) is 4.83. The number of carbonyl (C=O) groups excluding carboxylic acids is 1. The van der Waals surface area contributed by atoms with E-state index in [0.29, 0.717) is 10.9 Å². The average molecular weight is 329 g/mol. The molecule has 1 aromatic carbocycles. The molecule has 1 aromatic heterocycles. The molecule has 1 amide bonds. The molecule has 1 saturated carbocycles. The summed E-state index contributed by atoms with van der Waals surface area (Å²) in [5.41, 5.74) is 1.26. The van der Waals surface area contributed by atoms with Crippen molar-refractivity contribution in [2.75, 3.05) is 7.05 Å². The number of aromatic nitrogens is 1. The lowest BCUT2D eigenvalue weighted by Gasteiger charge is -2.29. The van der Waals surface area contributed by atoms with Crippen LogP contribution in [0.5, 0.6) is 0 Å². The number of fused-ring (bicyclic) bond motifs is 1. The fraction of sp³-hybridized carbons (Fsp3) is 0.500. The van der Waals surface area contributed by atoms with Gasteiger partial charge in [0, 0.05) is 42.3 Å². The quantitative estimate of drug-likeness (QED) is 0.675. The molecule has 128 valence electrons. The van der Waals surface area contributed by atoms with Crippen LogP contribution in [0.3, 0.4) is 0 Å². The number of nitro groups is 1. The van der Waals surface area contributed by atoms with Gasteiger partial charge < -0.3 is 9.88 Å². The molecule has 0 aliphatic heterocycles. The third-order valence-corrected chi connectivity index (χ3v) is 5.05. The Morgan fingerprint density at radius 3 is 2.54 bits per heavy atom. The minimum atomic E-state index is -0.431. The molecule has 0 spiro atoms. The van der Waals surface area contributed by atoms with Crippen LogP contribution < -0.4 is 0 Å². The topological polar surface area (TPSA) is 79.2 Å². The van der Waals surface area contributed by atoms with Gasteiger partial charge in [0.1, 0.15) is 0 Å². The molecule has 0 atom stereocenters. The molecule has 1 heterocycles. The standard InChI is InChI=1S/C18H23N3O3/c1-20(13-7-5-3-2-4-6-8-13)18(22)16-12-19-17-10-9-14(21(23)24)11-15(16)17/h9-13,19H,2-8H2,1H3. The molecule has 24 heavy (non-hydrogen) atoms. The molecule has 6 nitrogen and oxygen atoms in total. The zero-order valence-corrected chi connectivity index (χ0v) is 14.0. The van der Waals surface area contributed by atoms with Gasteiger partial charge in [-0.15, -0.1) is 0 Å². The summed E-state index contributed by atoms with van der Waals surface area (Å²) in [4.78, 5) is 28.4. The predicted octanol–water partition coefficient (Wildman–Crippen LogP) is 4.26. The van der Waals surface area contributed by atoms with Gasteiger partial charge in [-0.1, -0.05) is 32.1 Å². The van der Waals surface area contributed by atoms with E-state index in [-0.39, 0.29) is 17.6 Å². The van der Waals surface area contributed by atoms with E-state index in [1.807, 2.05) is 11.9 Å². The number of nitro benzene ring substituents is 1. The van der Waals surface area contributed by atoms with E-state index in [0.717, 1.165) is 31.2 Å². The lowest BCUT2D eigenvalue weighted by Crippen LogP contribution is -2.37. The first-order valence-corrected chi connectivity index (χ1v) is 8.60. The molecular formula is C18H23N3O3. The Balaban J connectivity index is 1.86. The highest BCUT2D eigenvalue weighted by molar-refractivity contribution is 6.07. The van der Waals surface area contributed by atoms with Crippen LogP contribution in [0.4, 0.5) is 5.69 Å². The third kappa shape index (κ3) is 3.27. The fourth-order valence-electron chi connectivity index (χ4n) is 3.58. The van der Waals surface area contributed by atoms with E-state index >= 15 is 0 Å². The van der Waals surface area contributed by atoms with E-state index in [9.17, 15) is 14.9 Å². The van der Waals surface area contributed by atoms with Gasteiger partial charge in [0.2, 0.25) is 0 Å². The number of rotatable bonds is 3. The maximum absolute atomic E-state index is 12.9. The summed E-state index contributed by atoms with van der Waals surface area (Å²) in [6.45, 7) is 0. The number of nitrogens with zero attached hydrogens (tertiary/aromatic N) is 2. The molecule has 3 rings (SSSR count). The summed E-state index contributed by atoms with van der Waals surface area (Å²) in [5, 5.41) is 11.6. The van der Waals surface area contributed by atoms with Crippen molar-refractivity contribution in [3.8, 4) is 0 Å². The number of amides is 1. The van der Waals surface area contributed by atoms with Crippen molar-refractivity contribution in [3.63, 3.8) is 0 Å². The molecule has 1 aliphatic carbocycles. The summed E-state index contributed by atoms with van der Waals surface area (Å²) in [6.07, 6.45) is 9.79. The number of benzene rings is 1. The van der Waals surface area contributed by atoms with Gasteiger partial charge >= 0.3 is 0 Å². The van der Waals surface area contributed by atoms with Crippen LogP contribution in [0.1, 0.15) is 55.3 Å². The Bertz CT molecular complexity index is 745. The maximum Gasteiger partial charge on any atom is 0.270 e. The van der Waals surface area contributed by atoms with Crippen molar-refractivity contribution < 1.29 is 9.72 Å². The molecule has 1 aliphatic rings. The third-order valence-electron chi connectivity index (χ3n) is 5.05. The first-order valence-electron chi connectivity index (χ1n) is 8.60. The monoisotopic (exact) mass is 329 g/mol. The second-order valence-corrected chi connectivity index (χ2v) is 6.60. The summed E-state index contributed by atoms with van der Waals surface area (Å²) < 4.78 is 0. The van der Waals surface area contributed by atoms with Crippen molar-refractivity contribution in [2.24, 2.45) is 0 Å². The maximum atomic E-state index is 12.9. The van der Waals surface area contributed by atoms with Crippen LogP contribution in [-0.4, -0.2) is 33.8 Å². The van der Waals surface area contributed by atoms with Crippen molar-refractivity contribution in [3.05, 3.63) is 40.1 Å². The Morgan fingerprint density at radius 2 is 1.88 bits per heavy atom. The van der Waals surface area contributed by atoms with Crippen LogP contribution in [0, 0.1) is 10.1 Å². The number of nitrogens with one attached hydrogen (secondary N) is 1. The van der Waals surface area contributed by atoms with Gasteiger partial charge in [0.25, 0.3) is 11.6 Å². The number of hydrogen-bond acceptors (Lipinski definition) is 3. The van der Waals surface area contributed by atoms with E-state index in [1.165, 1.54) is 31.4 Å². The molecule has 1 N–H and O–H groups in total. The van der Waals surface area contributed by atoms with Crippen LogP contribution >= 0.6 is 0 Å². The van der Waals surface area contributed by atoms with Crippen LogP contribution in [-0.2, 0) is 0 Å². The minimum absolute atomic E-state index is 0.00440. The molecule has 0 bridgehead atoms. The molecule has 1 fully saturated rings. The smallest absolute Gasteiger partial charge is 0.270 e. The summed E-state index contributed by atoms with van der Waals surface area (Å²) in [6, 6.07) is 4.83. The molecule has 6 heteroatoms. The second kappa shape index (κ2) is 7.03. The average Bonchev–Trinajstić information content (AvgIpc) is 2.96. The first kappa shape index (κ1) is 16.5. The lowest BCUT2D eigenvalue weighted by atomic mass is 9.95. The molecule has 0 saturated heterocycles. The van der Waals surface area contributed by atoms with E-state index in [4.69, 9.17) is 0 Å². The zero-order chi connectivity index (χ0) is 17.1. The highest BCUT2D eigenvalue weighted by Crippen LogP contribution is 2.27. The minimum Gasteiger partial charge on any atom is -0.360 e. The summed E-state index contributed by atoms with van der Waals surface area (Å²) in [5.74, 6) is -0.0627. The van der Waals surface area contributed by atoms with Gasteiger partial charge in [-0.05, 0) is 18.9 Å². The number of carbonyl (C=O) groups is 1. The molecular weight excluding hydrogens is 306 g/mol. The second-order valence-electron chi connectivity index (χ2n) is 6.60. The molecule has 2 aromatic rings. The number of non-ortho nitro benzene ring substituents is 1. The van der Waals surface area contributed by atoms with Crippen molar-refractivity contribution in [1.29, 1.82) is 0 Å². The summed E-state index contributed by atoms with van der Waals surface area (Å²) in [7, 11) is 1.85. The number of aromatic amines is 1. The zero-order valence-electron chi connectivity index (χ0n) is 14.0. The predicted molar refractivity (Wildman–Crippen MR) is 93.2 cm³/mol. The van der Waals surface area contributed by atoms with E-state index < -0.39 is 4.92 Å². The highest BCUT2D eigenvalue weighted by Gasteiger charge is 2.24. The number of H-pyrrole nitrogens is 1. The Labute approximate surface area is 141 Å². The largest absolute Gasteiger partial charge is 0.360 e. The van der Waals surface area contributed by atoms with Crippen LogP contribution in [0.25, 0.3) is 10.9 Å². The van der Waals surface area contributed by atoms with E-state index in [2.05, 4.69) is 4.98 Å². The Hall–Kier alpha value is -2.37. The van der Waals surface area contributed by atoms with Crippen LogP contribution in [0.15, 0.2) is 24.4 Å². The van der Waals surface area contributed by atoms with Gasteiger partial charge in [0.15, 0.2) is 0 Å². The highest BCUT2D eigenvalue weighted by atomic mass is 16.6. The van der Waals surface area contributed by atoms with Gasteiger partial charge in [0.05, 0.1) is 10.5 Å². The lowest BCUT2D eigenvalue weighted by molar-refractivity contribution is -0.384. The van der Waals surface area contributed by atoms with Crippen molar-refractivity contribution >= 4 is 22.5 Å². The normalized spacial score (nSPS) is 16.5. The fourth-order valence-corrected chi connectivity index (χ4v) is 3.58. The SMILES string of the molecule is CN(C(=O)c1c[nH]c2ccc([N+](=O)[O-])cc12)C1CCCCCCC1. The van der Waals surface area contributed by atoms with Crippen molar-refractivity contribution in [1.82, 2.24) is 9.88 Å². The van der Waals surface area contributed by atoms with Gasteiger partial charge in [-0.2, -0.15) is 0 Å². The van der Waals surface area contributed by atoms with Gasteiger partial charge in [-0.25, -0.2) is 0 Å². The Morgan fingerprint density at radius 1 is 1.21 bits per heavy atom. The summed E-state index contributed by atoms with van der Waals surface area (Å²) >= 11 is 0. The van der Waals surface area contributed by atoms with E-state index in [1.54, 1.807) is 12.3 Å². The molecule has 0 radical (unpaired) electrons. The van der Waals surface area contributed by atoms with Crippen LogP contribution in [0.2, 0.25) is 0 Å².